The molecule has 0 N–H and O–H groups in total. The summed E-state index contributed by atoms with van der Waals surface area (Å²) in [5.41, 5.74) is 2.33. The minimum atomic E-state index is -4.14. The molecule has 0 aromatic heterocycles. The standard InChI is InChI=1S/C15H13FO3S/c16-14-6-1-2-7-15(14)20(17,18)19-13-9-8-11-4-3-5-12(11)10-13/h1-2,6-10H,3-5H2. The Bertz CT molecular complexity index is 753. The molecule has 0 amide bonds. The third-order valence-corrected chi connectivity index (χ3v) is 4.66. The van der Waals surface area contributed by atoms with Crippen molar-refractivity contribution in [2.45, 2.75) is 24.2 Å². The van der Waals surface area contributed by atoms with Gasteiger partial charge < -0.3 is 4.18 Å². The molecule has 0 atom stereocenters. The summed E-state index contributed by atoms with van der Waals surface area (Å²) in [5.74, 6) is -0.581. The van der Waals surface area contributed by atoms with E-state index in [0.29, 0.717) is 0 Å². The van der Waals surface area contributed by atoms with Crippen LogP contribution in [0.3, 0.4) is 0 Å². The highest BCUT2D eigenvalue weighted by Crippen LogP contribution is 2.28. The molecule has 1 aliphatic carbocycles. The molecule has 0 fully saturated rings. The van der Waals surface area contributed by atoms with Crippen LogP contribution < -0.4 is 4.18 Å². The number of hydrogen-bond donors (Lipinski definition) is 0. The summed E-state index contributed by atoms with van der Waals surface area (Å²) in [6.07, 6.45) is 3.00. The molecule has 0 spiro atoms. The van der Waals surface area contributed by atoms with Gasteiger partial charge in [0, 0.05) is 0 Å². The summed E-state index contributed by atoms with van der Waals surface area (Å²) >= 11 is 0. The predicted molar refractivity (Wildman–Crippen MR) is 72.7 cm³/mol. The number of fused-ring (bicyclic) bond motifs is 1. The van der Waals surface area contributed by atoms with Gasteiger partial charge in [-0.2, -0.15) is 8.42 Å². The van der Waals surface area contributed by atoms with Gasteiger partial charge in [0.05, 0.1) is 0 Å². The minimum Gasteiger partial charge on any atom is -0.379 e. The van der Waals surface area contributed by atoms with Crippen molar-refractivity contribution in [3.63, 3.8) is 0 Å². The summed E-state index contributed by atoms with van der Waals surface area (Å²) in [4.78, 5) is -0.444. The second kappa shape index (κ2) is 4.90. The van der Waals surface area contributed by atoms with Gasteiger partial charge in [-0.25, -0.2) is 4.39 Å². The summed E-state index contributed by atoms with van der Waals surface area (Å²) in [5, 5.41) is 0. The monoisotopic (exact) mass is 292 g/mol. The van der Waals surface area contributed by atoms with E-state index in [0.717, 1.165) is 30.9 Å². The molecule has 0 bridgehead atoms. The van der Waals surface area contributed by atoms with Gasteiger partial charge in [0.1, 0.15) is 16.5 Å². The molecular formula is C15H13FO3S. The molecule has 3 nitrogen and oxygen atoms in total. The Morgan fingerprint density at radius 3 is 2.55 bits per heavy atom. The van der Waals surface area contributed by atoms with Crippen LogP contribution in [0.15, 0.2) is 47.4 Å². The van der Waals surface area contributed by atoms with Crippen LogP contribution in [0.1, 0.15) is 17.5 Å². The SMILES string of the molecule is O=S(=O)(Oc1ccc2c(c1)CCC2)c1ccccc1F. The van der Waals surface area contributed by atoms with Gasteiger partial charge in [0.25, 0.3) is 0 Å². The fourth-order valence-corrected chi connectivity index (χ4v) is 3.42. The lowest BCUT2D eigenvalue weighted by molar-refractivity contribution is 0.476. The lowest BCUT2D eigenvalue weighted by atomic mass is 10.1. The van der Waals surface area contributed by atoms with Crippen LogP contribution in [0, 0.1) is 5.82 Å². The zero-order valence-corrected chi connectivity index (χ0v) is 11.5. The maximum Gasteiger partial charge on any atom is 0.342 e. The average Bonchev–Trinajstić information content (AvgIpc) is 2.86. The van der Waals surface area contributed by atoms with E-state index in [2.05, 4.69) is 0 Å². The molecule has 0 aliphatic heterocycles. The van der Waals surface area contributed by atoms with Crippen molar-refractivity contribution < 1.29 is 17.0 Å². The van der Waals surface area contributed by atoms with E-state index in [1.54, 1.807) is 12.1 Å². The molecule has 0 radical (unpaired) electrons. The first kappa shape index (κ1) is 13.1. The van der Waals surface area contributed by atoms with Crippen LogP contribution in [0.2, 0.25) is 0 Å². The summed E-state index contributed by atoms with van der Waals surface area (Å²) in [6.45, 7) is 0. The maximum absolute atomic E-state index is 13.5. The maximum atomic E-state index is 13.5. The van der Waals surface area contributed by atoms with Gasteiger partial charge in [0.2, 0.25) is 0 Å². The molecular weight excluding hydrogens is 279 g/mol. The zero-order chi connectivity index (χ0) is 14.2. The predicted octanol–water partition coefficient (Wildman–Crippen LogP) is 3.08. The van der Waals surface area contributed by atoms with Crippen molar-refractivity contribution in [1.29, 1.82) is 0 Å². The normalized spacial score (nSPS) is 14.1. The van der Waals surface area contributed by atoms with E-state index in [1.807, 2.05) is 6.07 Å². The lowest BCUT2D eigenvalue weighted by Gasteiger charge is -2.09. The highest BCUT2D eigenvalue weighted by atomic mass is 32.2. The number of halogens is 1. The second-order valence-electron chi connectivity index (χ2n) is 4.75. The van der Waals surface area contributed by atoms with Gasteiger partial charge in [-0.1, -0.05) is 18.2 Å². The van der Waals surface area contributed by atoms with E-state index >= 15 is 0 Å². The van der Waals surface area contributed by atoms with Gasteiger partial charge in [-0.3, -0.25) is 0 Å². The Morgan fingerprint density at radius 1 is 1.00 bits per heavy atom. The first-order valence-electron chi connectivity index (χ1n) is 6.37. The molecule has 2 aromatic carbocycles. The van der Waals surface area contributed by atoms with Gasteiger partial charge >= 0.3 is 10.1 Å². The van der Waals surface area contributed by atoms with Crippen molar-refractivity contribution in [2.24, 2.45) is 0 Å². The first-order chi connectivity index (χ1) is 9.56. The molecule has 20 heavy (non-hydrogen) atoms. The molecule has 104 valence electrons. The van der Waals surface area contributed by atoms with E-state index in [-0.39, 0.29) is 5.75 Å². The van der Waals surface area contributed by atoms with Crippen LogP contribution in [-0.2, 0) is 23.0 Å². The van der Waals surface area contributed by atoms with Crippen molar-refractivity contribution >= 4 is 10.1 Å². The van der Waals surface area contributed by atoms with Crippen molar-refractivity contribution in [1.82, 2.24) is 0 Å². The number of aryl methyl sites for hydroxylation is 2. The molecule has 3 rings (SSSR count). The summed E-state index contributed by atoms with van der Waals surface area (Å²) < 4.78 is 42.7. The Hall–Kier alpha value is -1.88. The van der Waals surface area contributed by atoms with Gasteiger partial charge in [-0.05, 0) is 54.7 Å². The van der Waals surface area contributed by atoms with Crippen molar-refractivity contribution in [3.8, 4) is 5.75 Å². The Morgan fingerprint density at radius 2 is 1.75 bits per heavy atom. The Kier molecular flexibility index (Phi) is 3.22. The first-order valence-corrected chi connectivity index (χ1v) is 7.78. The second-order valence-corrected chi connectivity index (χ2v) is 6.27. The molecule has 0 heterocycles. The topological polar surface area (TPSA) is 43.4 Å². The van der Waals surface area contributed by atoms with Gasteiger partial charge in [0.15, 0.2) is 0 Å². The molecule has 1 aliphatic rings. The van der Waals surface area contributed by atoms with Crippen LogP contribution in [0.5, 0.6) is 5.75 Å². The number of rotatable bonds is 3. The number of hydrogen-bond acceptors (Lipinski definition) is 3. The Labute approximate surface area is 117 Å². The smallest absolute Gasteiger partial charge is 0.342 e. The third-order valence-electron chi connectivity index (χ3n) is 3.38. The van der Waals surface area contributed by atoms with Crippen molar-refractivity contribution in [3.05, 3.63) is 59.4 Å². The Balaban J connectivity index is 1.93. The van der Waals surface area contributed by atoms with Crippen LogP contribution >= 0.6 is 0 Å². The summed E-state index contributed by atoms with van der Waals surface area (Å²) in [6, 6.07) is 10.4. The van der Waals surface area contributed by atoms with E-state index < -0.39 is 20.8 Å². The minimum absolute atomic E-state index is 0.230. The van der Waals surface area contributed by atoms with E-state index in [4.69, 9.17) is 4.18 Å². The van der Waals surface area contributed by atoms with Crippen LogP contribution in [-0.4, -0.2) is 8.42 Å². The fraction of sp³-hybridized carbons (Fsp3) is 0.200. The third kappa shape index (κ3) is 2.41. The van der Waals surface area contributed by atoms with Gasteiger partial charge in [-0.15, -0.1) is 0 Å². The summed E-state index contributed by atoms with van der Waals surface area (Å²) in [7, 11) is -4.14. The highest BCUT2D eigenvalue weighted by Gasteiger charge is 2.21. The highest BCUT2D eigenvalue weighted by molar-refractivity contribution is 7.87. The van der Waals surface area contributed by atoms with E-state index in [9.17, 15) is 12.8 Å². The number of benzene rings is 2. The largest absolute Gasteiger partial charge is 0.379 e. The van der Waals surface area contributed by atoms with Crippen LogP contribution in [0.25, 0.3) is 0 Å². The molecule has 2 aromatic rings. The molecule has 0 unspecified atom stereocenters. The zero-order valence-electron chi connectivity index (χ0n) is 10.7. The van der Waals surface area contributed by atoms with E-state index in [1.165, 1.54) is 23.8 Å². The average molecular weight is 292 g/mol. The fourth-order valence-electron chi connectivity index (χ4n) is 2.42. The lowest BCUT2D eigenvalue weighted by Crippen LogP contribution is -2.11. The van der Waals surface area contributed by atoms with Crippen molar-refractivity contribution in [2.75, 3.05) is 0 Å². The molecule has 5 heteroatoms. The molecule has 0 saturated heterocycles. The molecule has 0 saturated carbocycles. The van der Waals surface area contributed by atoms with Crippen LogP contribution in [0.4, 0.5) is 4.39 Å². The quantitative estimate of drug-likeness (QED) is 0.817.